The van der Waals surface area contributed by atoms with Crippen molar-refractivity contribution in [3.63, 3.8) is 0 Å². The van der Waals surface area contributed by atoms with E-state index in [4.69, 9.17) is 5.11 Å². The molecule has 0 aromatic rings. The van der Waals surface area contributed by atoms with E-state index >= 15 is 0 Å². The van der Waals surface area contributed by atoms with Crippen LogP contribution in [0.25, 0.3) is 0 Å². The van der Waals surface area contributed by atoms with E-state index in [1.165, 1.54) is 0 Å². The third kappa shape index (κ3) is 4.98. The summed E-state index contributed by atoms with van der Waals surface area (Å²) >= 11 is 0. The number of aliphatic hydroxyl groups excluding tert-OH is 1. The van der Waals surface area contributed by atoms with Gasteiger partial charge in [-0.2, -0.15) is 13.2 Å². The van der Waals surface area contributed by atoms with Crippen LogP contribution in [-0.4, -0.2) is 54.4 Å². The number of rotatable bonds is 3. The first kappa shape index (κ1) is 12.3. The molecule has 4 nitrogen and oxygen atoms in total. The van der Waals surface area contributed by atoms with Gasteiger partial charge in [0.05, 0.1) is 12.6 Å². The summed E-state index contributed by atoms with van der Waals surface area (Å²) in [5, 5.41) is 10.9. The predicted molar refractivity (Wildman–Crippen MR) is 46.1 cm³/mol. The number of carbonyl (C=O) groups excluding carboxylic acids is 1. The lowest BCUT2D eigenvalue weighted by atomic mass is 10.3. The molecule has 7 heteroatoms. The largest absolute Gasteiger partial charge is 0.405 e. The summed E-state index contributed by atoms with van der Waals surface area (Å²) in [5.41, 5.74) is 0. The SMILES string of the molecule is O=C(CN1CCC(O)C1)NCC(F)(F)F. The zero-order valence-electron chi connectivity index (χ0n) is 8.05. The van der Waals surface area contributed by atoms with Gasteiger partial charge in [-0.3, -0.25) is 9.69 Å². The number of β-amino-alcohol motifs (C(OH)–C–C–N with tert-alkyl or cyclic N) is 1. The van der Waals surface area contributed by atoms with Crippen LogP contribution in [0.5, 0.6) is 0 Å². The highest BCUT2D eigenvalue weighted by Gasteiger charge is 2.28. The molecule has 88 valence electrons. The van der Waals surface area contributed by atoms with Crippen molar-refractivity contribution >= 4 is 5.91 Å². The molecule has 1 heterocycles. The van der Waals surface area contributed by atoms with Gasteiger partial charge in [-0.1, -0.05) is 0 Å². The molecule has 0 radical (unpaired) electrons. The van der Waals surface area contributed by atoms with E-state index in [2.05, 4.69) is 0 Å². The number of nitrogens with one attached hydrogen (secondary N) is 1. The lowest BCUT2D eigenvalue weighted by Crippen LogP contribution is -2.40. The first-order valence-corrected chi connectivity index (χ1v) is 4.61. The Morgan fingerprint density at radius 2 is 2.20 bits per heavy atom. The topological polar surface area (TPSA) is 52.6 Å². The number of likely N-dealkylation sites (tertiary alicyclic amines) is 1. The second-order valence-corrected chi connectivity index (χ2v) is 3.57. The number of halogens is 3. The molecular weight excluding hydrogens is 213 g/mol. The fourth-order valence-corrected chi connectivity index (χ4v) is 1.41. The van der Waals surface area contributed by atoms with Gasteiger partial charge >= 0.3 is 6.18 Å². The van der Waals surface area contributed by atoms with E-state index in [-0.39, 0.29) is 6.54 Å². The molecular formula is C8H13F3N2O2. The molecule has 1 amide bonds. The number of alkyl halides is 3. The van der Waals surface area contributed by atoms with E-state index in [0.717, 1.165) is 0 Å². The fourth-order valence-electron chi connectivity index (χ4n) is 1.41. The minimum Gasteiger partial charge on any atom is -0.392 e. The molecule has 1 atom stereocenters. The van der Waals surface area contributed by atoms with Gasteiger partial charge in [0.25, 0.3) is 0 Å². The van der Waals surface area contributed by atoms with Gasteiger partial charge in [0.1, 0.15) is 6.54 Å². The fraction of sp³-hybridized carbons (Fsp3) is 0.875. The van der Waals surface area contributed by atoms with Crippen LogP contribution in [0, 0.1) is 0 Å². The van der Waals surface area contributed by atoms with Crippen LogP contribution in [-0.2, 0) is 4.79 Å². The van der Waals surface area contributed by atoms with Crippen LogP contribution in [0.2, 0.25) is 0 Å². The molecule has 0 aromatic heterocycles. The number of hydrogen-bond donors (Lipinski definition) is 2. The highest BCUT2D eigenvalue weighted by atomic mass is 19.4. The van der Waals surface area contributed by atoms with Gasteiger partial charge < -0.3 is 10.4 Å². The van der Waals surface area contributed by atoms with E-state index in [0.29, 0.717) is 19.5 Å². The van der Waals surface area contributed by atoms with E-state index < -0.39 is 24.7 Å². The minimum atomic E-state index is -4.37. The first-order valence-electron chi connectivity index (χ1n) is 4.61. The Hall–Kier alpha value is -0.820. The van der Waals surface area contributed by atoms with Crippen LogP contribution >= 0.6 is 0 Å². The molecule has 1 rings (SSSR count). The van der Waals surface area contributed by atoms with Gasteiger partial charge in [0, 0.05) is 13.1 Å². The zero-order chi connectivity index (χ0) is 11.5. The molecule has 0 aromatic carbocycles. The molecule has 15 heavy (non-hydrogen) atoms. The zero-order valence-corrected chi connectivity index (χ0v) is 8.05. The number of amides is 1. The molecule has 1 unspecified atom stereocenters. The first-order chi connectivity index (χ1) is 6.87. The van der Waals surface area contributed by atoms with Crippen molar-refractivity contribution in [3.05, 3.63) is 0 Å². The smallest absolute Gasteiger partial charge is 0.392 e. The van der Waals surface area contributed by atoms with Gasteiger partial charge in [0.2, 0.25) is 5.91 Å². The Morgan fingerprint density at radius 3 is 2.67 bits per heavy atom. The molecule has 1 saturated heterocycles. The van der Waals surface area contributed by atoms with Crippen LogP contribution in [0.4, 0.5) is 13.2 Å². The predicted octanol–water partition coefficient (Wildman–Crippen LogP) is -0.269. The lowest BCUT2D eigenvalue weighted by molar-refractivity contribution is -0.138. The Kier molecular flexibility index (Phi) is 3.92. The third-order valence-corrected chi connectivity index (χ3v) is 2.10. The minimum absolute atomic E-state index is 0.0901. The Bertz CT molecular complexity index is 232. The lowest BCUT2D eigenvalue weighted by Gasteiger charge is -2.15. The number of nitrogens with zero attached hydrogens (tertiary/aromatic N) is 1. The van der Waals surface area contributed by atoms with Crippen LogP contribution in [0.3, 0.4) is 0 Å². The van der Waals surface area contributed by atoms with Crippen molar-refractivity contribution < 1.29 is 23.1 Å². The van der Waals surface area contributed by atoms with Gasteiger partial charge in [-0.15, -0.1) is 0 Å². The third-order valence-electron chi connectivity index (χ3n) is 2.10. The Balaban J connectivity index is 2.19. The van der Waals surface area contributed by atoms with Crippen molar-refractivity contribution in [2.75, 3.05) is 26.2 Å². The monoisotopic (exact) mass is 226 g/mol. The van der Waals surface area contributed by atoms with Crippen molar-refractivity contribution in [1.29, 1.82) is 0 Å². The number of hydrogen-bond acceptors (Lipinski definition) is 3. The van der Waals surface area contributed by atoms with E-state index in [1.54, 1.807) is 10.2 Å². The van der Waals surface area contributed by atoms with Crippen LogP contribution < -0.4 is 5.32 Å². The summed E-state index contributed by atoms with van der Waals surface area (Å²) in [6.07, 6.45) is -4.28. The number of aliphatic hydroxyl groups is 1. The molecule has 0 saturated carbocycles. The van der Waals surface area contributed by atoms with Crippen molar-refractivity contribution in [3.8, 4) is 0 Å². The summed E-state index contributed by atoms with van der Waals surface area (Å²) < 4.78 is 35.2. The summed E-state index contributed by atoms with van der Waals surface area (Å²) in [4.78, 5) is 12.6. The standard InChI is InChI=1S/C8H13F3N2O2/c9-8(10,11)5-12-7(15)4-13-2-1-6(14)3-13/h6,14H,1-5H2,(H,12,15). The summed E-state index contributed by atoms with van der Waals surface area (Å²) in [6.45, 7) is -0.505. The Labute approximate surface area is 85.1 Å². The van der Waals surface area contributed by atoms with Gasteiger partial charge in [0.15, 0.2) is 0 Å². The highest BCUT2D eigenvalue weighted by molar-refractivity contribution is 5.78. The highest BCUT2D eigenvalue weighted by Crippen LogP contribution is 2.12. The molecule has 1 aliphatic rings. The van der Waals surface area contributed by atoms with E-state index in [9.17, 15) is 18.0 Å². The molecule has 1 aliphatic heterocycles. The van der Waals surface area contributed by atoms with Crippen LogP contribution in [0.15, 0.2) is 0 Å². The van der Waals surface area contributed by atoms with Crippen molar-refractivity contribution in [2.24, 2.45) is 0 Å². The van der Waals surface area contributed by atoms with Crippen molar-refractivity contribution in [2.45, 2.75) is 18.7 Å². The molecule has 0 spiro atoms. The maximum atomic E-state index is 11.7. The Morgan fingerprint density at radius 1 is 1.53 bits per heavy atom. The maximum absolute atomic E-state index is 11.7. The molecule has 2 N–H and O–H groups in total. The molecule has 0 bridgehead atoms. The quantitative estimate of drug-likeness (QED) is 0.696. The number of carbonyl (C=O) groups is 1. The maximum Gasteiger partial charge on any atom is 0.405 e. The van der Waals surface area contributed by atoms with Gasteiger partial charge in [-0.05, 0) is 6.42 Å². The molecule has 1 fully saturated rings. The van der Waals surface area contributed by atoms with E-state index in [1.807, 2.05) is 0 Å². The van der Waals surface area contributed by atoms with Gasteiger partial charge in [-0.25, -0.2) is 0 Å². The average molecular weight is 226 g/mol. The van der Waals surface area contributed by atoms with Crippen LogP contribution in [0.1, 0.15) is 6.42 Å². The summed E-state index contributed by atoms with van der Waals surface area (Å²) in [5.74, 6) is -0.665. The average Bonchev–Trinajstić information content (AvgIpc) is 2.47. The molecule has 0 aliphatic carbocycles. The normalized spacial score (nSPS) is 23.1. The summed E-state index contributed by atoms with van der Waals surface area (Å²) in [6, 6.07) is 0. The second kappa shape index (κ2) is 4.80. The summed E-state index contributed by atoms with van der Waals surface area (Å²) in [7, 11) is 0. The second-order valence-electron chi connectivity index (χ2n) is 3.57. The van der Waals surface area contributed by atoms with Crippen molar-refractivity contribution in [1.82, 2.24) is 10.2 Å².